The lowest BCUT2D eigenvalue weighted by atomic mass is 9.82. The zero-order chi connectivity index (χ0) is 22.5. The Kier molecular flexibility index (Phi) is 5.28. The van der Waals surface area contributed by atoms with Gasteiger partial charge >= 0.3 is 0 Å². The molecule has 2 heterocycles. The first-order valence-electron chi connectivity index (χ1n) is 10.7. The van der Waals surface area contributed by atoms with Crippen LogP contribution in [0.5, 0.6) is 0 Å². The minimum absolute atomic E-state index is 0.0806. The van der Waals surface area contributed by atoms with Crippen molar-refractivity contribution in [2.75, 3.05) is 18.5 Å². The SMILES string of the molecule is Cc1cccc(S(=O)(=O)N2CC[C@H]3[C@H](CO)Nc4ccc(-c5ccccc5F)cc4[C@H]32)c1. The van der Waals surface area contributed by atoms with E-state index in [0.29, 0.717) is 24.1 Å². The number of fused-ring (bicyclic) bond motifs is 3. The third-order valence-electron chi connectivity index (χ3n) is 6.60. The van der Waals surface area contributed by atoms with Crippen molar-refractivity contribution in [2.24, 2.45) is 5.92 Å². The smallest absolute Gasteiger partial charge is 0.243 e. The van der Waals surface area contributed by atoms with Crippen LogP contribution in [0.1, 0.15) is 23.6 Å². The third kappa shape index (κ3) is 3.41. The number of nitrogens with one attached hydrogen (secondary N) is 1. The summed E-state index contributed by atoms with van der Waals surface area (Å²) in [5.41, 5.74) is 3.64. The highest BCUT2D eigenvalue weighted by Gasteiger charge is 2.48. The zero-order valence-corrected chi connectivity index (χ0v) is 18.5. The number of anilines is 1. The van der Waals surface area contributed by atoms with Gasteiger partial charge in [-0.1, -0.05) is 36.4 Å². The molecule has 0 aromatic heterocycles. The normalized spacial score (nSPS) is 22.8. The van der Waals surface area contributed by atoms with Gasteiger partial charge < -0.3 is 10.4 Å². The maximum atomic E-state index is 14.5. The largest absolute Gasteiger partial charge is 0.394 e. The molecule has 0 radical (unpaired) electrons. The molecule has 5 nitrogen and oxygen atoms in total. The van der Waals surface area contributed by atoms with Crippen molar-refractivity contribution < 1.29 is 17.9 Å². The Hall–Kier alpha value is -2.74. The van der Waals surface area contributed by atoms with Crippen LogP contribution in [0.25, 0.3) is 11.1 Å². The molecule has 166 valence electrons. The highest BCUT2D eigenvalue weighted by atomic mass is 32.2. The highest BCUT2D eigenvalue weighted by Crippen LogP contribution is 2.49. The molecule has 3 aromatic rings. The van der Waals surface area contributed by atoms with Crippen molar-refractivity contribution in [1.29, 1.82) is 0 Å². The number of halogens is 1. The molecule has 2 aliphatic rings. The first-order chi connectivity index (χ1) is 15.4. The quantitative estimate of drug-likeness (QED) is 0.618. The van der Waals surface area contributed by atoms with E-state index in [1.807, 2.05) is 31.2 Å². The van der Waals surface area contributed by atoms with Gasteiger partial charge in [-0.15, -0.1) is 0 Å². The molecule has 5 rings (SSSR count). The van der Waals surface area contributed by atoms with E-state index in [1.165, 1.54) is 6.07 Å². The molecule has 3 atom stereocenters. The molecule has 0 aliphatic carbocycles. The van der Waals surface area contributed by atoms with E-state index in [9.17, 15) is 17.9 Å². The van der Waals surface area contributed by atoms with E-state index in [2.05, 4.69) is 5.32 Å². The van der Waals surface area contributed by atoms with Crippen molar-refractivity contribution in [3.05, 3.63) is 83.7 Å². The number of hydrogen-bond acceptors (Lipinski definition) is 4. The Bertz CT molecular complexity index is 1280. The Morgan fingerprint density at radius 3 is 2.66 bits per heavy atom. The molecule has 1 fully saturated rings. The summed E-state index contributed by atoms with van der Waals surface area (Å²) in [6.07, 6.45) is 0.636. The van der Waals surface area contributed by atoms with Gasteiger partial charge in [0, 0.05) is 23.7 Å². The number of sulfonamides is 1. The summed E-state index contributed by atoms with van der Waals surface area (Å²) in [5, 5.41) is 13.4. The average molecular weight is 453 g/mol. The molecular formula is C25H25FN2O3S. The second-order valence-corrected chi connectivity index (χ2v) is 10.4. The summed E-state index contributed by atoms with van der Waals surface area (Å²) in [4.78, 5) is 0.268. The van der Waals surface area contributed by atoms with Gasteiger partial charge in [0.25, 0.3) is 0 Å². The third-order valence-corrected chi connectivity index (χ3v) is 8.48. The Morgan fingerprint density at radius 1 is 1.09 bits per heavy atom. The second-order valence-electron chi connectivity index (χ2n) is 8.54. The van der Waals surface area contributed by atoms with Gasteiger partial charge in [0.15, 0.2) is 0 Å². The zero-order valence-electron chi connectivity index (χ0n) is 17.7. The first kappa shape index (κ1) is 21.1. The Morgan fingerprint density at radius 2 is 1.91 bits per heavy atom. The van der Waals surface area contributed by atoms with Crippen LogP contribution in [0.3, 0.4) is 0 Å². The van der Waals surface area contributed by atoms with Crippen LogP contribution in [-0.4, -0.2) is 37.0 Å². The van der Waals surface area contributed by atoms with Gasteiger partial charge in [-0.25, -0.2) is 12.8 Å². The number of hydrogen-bond donors (Lipinski definition) is 2. The predicted molar refractivity (Wildman–Crippen MR) is 122 cm³/mol. The molecule has 1 saturated heterocycles. The van der Waals surface area contributed by atoms with Crippen LogP contribution in [0.2, 0.25) is 0 Å². The van der Waals surface area contributed by atoms with E-state index in [1.54, 1.807) is 40.7 Å². The fourth-order valence-electron chi connectivity index (χ4n) is 5.06. The van der Waals surface area contributed by atoms with Gasteiger partial charge in [0.1, 0.15) is 5.82 Å². The van der Waals surface area contributed by atoms with Crippen LogP contribution in [0, 0.1) is 18.7 Å². The van der Waals surface area contributed by atoms with E-state index in [0.717, 1.165) is 16.8 Å². The van der Waals surface area contributed by atoms with Crippen LogP contribution < -0.4 is 5.32 Å². The molecule has 2 aliphatic heterocycles. The second kappa shape index (κ2) is 7.99. The van der Waals surface area contributed by atoms with Gasteiger partial charge in [0.2, 0.25) is 10.0 Å². The van der Waals surface area contributed by atoms with Crippen molar-refractivity contribution in [2.45, 2.75) is 30.3 Å². The molecular weight excluding hydrogens is 427 g/mol. The Labute approximate surface area is 187 Å². The number of aryl methyl sites for hydroxylation is 1. The number of benzene rings is 3. The summed E-state index contributed by atoms with van der Waals surface area (Å²) in [6.45, 7) is 2.15. The van der Waals surface area contributed by atoms with Gasteiger partial charge in [0.05, 0.1) is 23.6 Å². The molecule has 0 bridgehead atoms. The van der Waals surface area contributed by atoms with E-state index >= 15 is 0 Å². The topological polar surface area (TPSA) is 69.6 Å². The number of aliphatic hydroxyl groups is 1. The minimum Gasteiger partial charge on any atom is -0.394 e. The predicted octanol–water partition coefficient (Wildman–Crippen LogP) is 4.34. The number of nitrogens with zero attached hydrogens (tertiary/aromatic N) is 1. The van der Waals surface area contributed by atoms with Crippen molar-refractivity contribution in [3.8, 4) is 11.1 Å². The standard InChI is InChI=1S/C25H25FN2O3S/c1-16-5-4-6-18(13-16)32(30,31)28-12-11-20-24(15-29)27-23-10-9-17(14-21(23)25(20)28)19-7-2-3-8-22(19)26/h2-10,13-14,20,24-25,27,29H,11-12,15H2,1H3/t20-,24-,25-/m0/s1. The van der Waals surface area contributed by atoms with Gasteiger partial charge in [-0.2, -0.15) is 4.31 Å². The summed E-state index contributed by atoms with van der Waals surface area (Å²) in [5.74, 6) is -0.403. The Balaban J connectivity index is 1.63. The molecule has 0 spiro atoms. The first-order valence-corrected chi connectivity index (χ1v) is 12.2. The summed E-state index contributed by atoms with van der Waals surface area (Å²) >= 11 is 0. The number of rotatable bonds is 4. The van der Waals surface area contributed by atoms with Crippen molar-refractivity contribution >= 4 is 15.7 Å². The van der Waals surface area contributed by atoms with Crippen LogP contribution in [-0.2, 0) is 10.0 Å². The van der Waals surface area contributed by atoms with Crippen LogP contribution in [0.15, 0.2) is 71.6 Å². The molecule has 0 unspecified atom stereocenters. The highest BCUT2D eigenvalue weighted by molar-refractivity contribution is 7.89. The van der Waals surface area contributed by atoms with Crippen LogP contribution in [0.4, 0.5) is 10.1 Å². The van der Waals surface area contributed by atoms with Gasteiger partial charge in [-0.05, 0) is 60.4 Å². The minimum atomic E-state index is -3.74. The maximum absolute atomic E-state index is 14.5. The van der Waals surface area contributed by atoms with Crippen molar-refractivity contribution in [1.82, 2.24) is 4.31 Å². The van der Waals surface area contributed by atoms with Crippen LogP contribution >= 0.6 is 0 Å². The average Bonchev–Trinajstić information content (AvgIpc) is 3.25. The summed E-state index contributed by atoms with van der Waals surface area (Å²) < 4.78 is 43.3. The molecule has 7 heteroatoms. The van der Waals surface area contributed by atoms with Gasteiger partial charge in [-0.3, -0.25) is 0 Å². The maximum Gasteiger partial charge on any atom is 0.243 e. The molecule has 3 aromatic carbocycles. The molecule has 2 N–H and O–H groups in total. The van der Waals surface area contributed by atoms with E-state index < -0.39 is 16.1 Å². The molecule has 0 saturated carbocycles. The molecule has 32 heavy (non-hydrogen) atoms. The molecule has 0 amide bonds. The number of aliphatic hydroxyl groups excluding tert-OH is 1. The lowest BCUT2D eigenvalue weighted by Gasteiger charge is -2.39. The van der Waals surface area contributed by atoms with Crippen molar-refractivity contribution in [3.63, 3.8) is 0 Å². The summed E-state index contributed by atoms with van der Waals surface area (Å²) in [6, 6.07) is 18.4. The lowest BCUT2D eigenvalue weighted by molar-refractivity contribution is 0.210. The monoisotopic (exact) mass is 452 g/mol. The van der Waals surface area contributed by atoms with E-state index in [4.69, 9.17) is 0 Å². The lowest BCUT2D eigenvalue weighted by Crippen LogP contribution is -2.42. The van der Waals surface area contributed by atoms with E-state index in [-0.39, 0.29) is 29.3 Å². The fourth-order valence-corrected chi connectivity index (χ4v) is 6.84. The fraction of sp³-hybridized carbons (Fsp3) is 0.280. The summed E-state index contributed by atoms with van der Waals surface area (Å²) in [7, 11) is -3.74.